The van der Waals surface area contributed by atoms with Crippen LogP contribution in [0.1, 0.15) is 32.8 Å². The number of methoxy groups -OCH3 is 2. The summed E-state index contributed by atoms with van der Waals surface area (Å²) in [6.07, 6.45) is 0.850. The molecule has 2 rings (SSSR count). The molecule has 0 radical (unpaired) electrons. The number of carbonyl (C=O) groups is 1. The lowest BCUT2D eigenvalue weighted by atomic mass is 9.76. The Morgan fingerprint density at radius 1 is 1.35 bits per heavy atom. The van der Waals surface area contributed by atoms with Crippen molar-refractivity contribution in [2.45, 2.75) is 32.6 Å². The van der Waals surface area contributed by atoms with Gasteiger partial charge in [0, 0.05) is 25.1 Å². The van der Waals surface area contributed by atoms with E-state index in [1.165, 1.54) is 0 Å². The average molecular weight is 278 g/mol. The van der Waals surface area contributed by atoms with Crippen LogP contribution in [0.4, 0.5) is 11.4 Å². The monoisotopic (exact) mass is 278 g/mol. The largest absolute Gasteiger partial charge is 0.494 e. The van der Waals surface area contributed by atoms with Crippen LogP contribution in [0.5, 0.6) is 11.5 Å². The lowest BCUT2D eigenvalue weighted by Crippen LogP contribution is -2.40. The first-order valence-electron chi connectivity index (χ1n) is 6.66. The maximum Gasteiger partial charge on any atom is 0.223 e. The molecular weight excluding hydrogens is 256 g/mol. The molecule has 0 fully saturated rings. The summed E-state index contributed by atoms with van der Waals surface area (Å²) in [5, 5.41) is 0. The van der Waals surface area contributed by atoms with E-state index >= 15 is 0 Å². The summed E-state index contributed by atoms with van der Waals surface area (Å²) < 4.78 is 10.9. The number of anilines is 2. The minimum absolute atomic E-state index is 0.00752. The van der Waals surface area contributed by atoms with Crippen molar-refractivity contribution < 1.29 is 14.3 Å². The number of rotatable bonds is 2. The minimum Gasteiger partial charge on any atom is -0.494 e. The zero-order chi connectivity index (χ0) is 15.1. The second-order valence-electron chi connectivity index (χ2n) is 5.73. The highest BCUT2D eigenvalue weighted by molar-refractivity contribution is 5.97. The molecule has 0 unspecified atom stereocenters. The third kappa shape index (κ3) is 2.07. The van der Waals surface area contributed by atoms with Crippen molar-refractivity contribution >= 4 is 17.3 Å². The van der Waals surface area contributed by atoms with E-state index in [1.54, 1.807) is 32.1 Å². The molecular formula is C15H22N2O3. The van der Waals surface area contributed by atoms with E-state index in [4.69, 9.17) is 15.2 Å². The SMILES string of the molecule is COc1cc(N)c(OC)c2c1N(C(C)=O)CCC2(C)C. The second-order valence-corrected chi connectivity index (χ2v) is 5.73. The number of benzene rings is 1. The van der Waals surface area contributed by atoms with Crippen LogP contribution in [-0.2, 0) is 10.2 Å². The van der Waals surface area contributed by atoms with Gasteiger partial charge in [-0.1, -0.05) is 13.8 Å². The van der Waals surface area contributed by atoms with Crippen molar-refractivity contribution in [2.75, 3.05) is 31.4 Å². The van der Waals surface area contributed by atoms with Crippen molar-refractivity contribution in [3.8, 4) is 11.5 Å². The fourth-order valence-electron chi connectivity index (χ4n) is 2.86. The van der Waals surface area contributed by atoms with Crippen molar-refractivity contribution in [1.82, 2.24) is 0 Å². The Bertz CT molecular complexity index is 553. The lowest BCUT2D eigenvalue weighted by Gasteiger charge is -2.40. The molecule has 1 aliphatic heterocycles. The number of amides is 1. The van der Waals surface area contributed by atoms with Gasteiger partial charge in [-0.15, -0.1) is 0 Å². The van der Waals surface area contributed by atoms with Gasteiger partial charge < -0.3 is 20.1 Å². The van der Waals surface area contributed by atoms with Gasteiger partial charge in [0.15, 0.2) is 0 Å². The molecule has 5 heteroatoms. The Hall–Kier alpha value is -1.91. The Kier molecular flexibility index (Phi) is 3.54. The molecule has 1 amide bonds. The van der Waals surface area contributed by atoms with Crippen LogP contribution in [0.3, 0.4) is 0 Å². The van der Waals surface area contributed by atoms with Crippen LogP contribution in [-0.4, -0.2) is 26.7 Å². The molecule has 0 atom stereocenters. The predicted molar refractivity (Wildman–Crippen MR) is 79.6 cm³/mol. The summed E-state index contributed by atoms with van der Waals surface area (Å²) >= 11 is 0. The van der Waals surface area contributed by atoms with Crippen LogP contribution >= 0.6 is 0 Å². The summed E-state index contributed by atoms with van der Waals surface area (Å²) in [5.41, 5.74) is 8.19. The molecule has 5 nitrogen and oxygen atoms in total. The number of carbonyl (C=O) groups excluding carboxylic acids is 1. The molecule has 1 heterocycles. The topological polar surface area (TPSA) is 64.8 Å². The van der Waals surface area contributed by atoms with E-state index in [9.17, 15) is 4.79 Å². The Labute approximate surface area is 119 Å². The fourth-order valence-corrected chi connectivity index (χ4v) is 2.86. The van der Waals surface area contributed by atoms with E-state index in [-0.39, 0.29) is 11.3 Å². The molecule has 1 aromatic carbocycles. The standard InChI is InChI=1S/C15H22N2O3/c1-9(18)17-7-6-15(2,3)12-13(17)11(19-4)8-10(16)14(12)20-5/h8H,6-7,16H2,1-5H3. The van der Waals surface area contributed by atoms with Crippen molar-refractivity contribution in [2.24, 2.45) is 0 Å². The van der Waals surface area contributed by atoms with Crippen molar-refractivity contribution in [3.63, 3.8) is 0 Å². The quantitative estimate of drug-likeness (QED) is 0.843. The van der Waals surface area contributed by atoms with Gasteiger partial charge in [-0.2, -0.15) is 0 Å². The first-order chi connectivity index (χ1) is 9.33. The van der Waals surface area contributed by atoms with Crippen LogP contribution in [0.25, 0.3) is 0 Å². The van der Waals surface area contributed by atoms with Gasteiger partial charge in [-0.25, -0.2) is 0 Å². The van der Waals surface area contributed by atoms with Gasteiger partial charge in [0.1, 0.15) is 11.5 Å². The van der Waals surface area contributed by atoms with Crippen LogP contribution in [0.2, 0.25) is 0 Å². The Morgan fingerprint density at radius 2 is 2.00 bits per heavy atom. The highest BCUT2D eigenvalue weighted by Gasteiger charge is 2.38. The normalized spacial score (nSPS) is 16.6. The van der Waals surface area contributed by atoms with Gasteiger partial charge in [0.25, 0.3) is 0 Å². The molecule has 1 aromatic rings. The summed E-state index contributed by atoms with van der Waals surface area (Å²) in [7, 11) is 3.18. The van der Waals surface area contributed by atoms with Gasteiger partial charge in [0.2, 0.25) is 5.91 Å². The Morgan fingerprint density at radius 3 is 2.50 bits per heavy atom. The van der Waals surface area contributed by atoms with E-state index in [2.05, 4.69) is 13.8 Å². The van der Waals surface area contributed by atoms with Gasteiger partial charge in [-0.3, -0.25) is 4.79 Å². The molecule has 0 aliphatic carbocycles. The molecule has 0 saturated carbocycles. The van der Waals surface area contributed by atoms with Crippen LogP contribution in [0, 0.1) is 0 Å². The first-order valence-corrected chi connectivity index (χ1v) is 6.66. The summed E-state index contributed by atoms with van der Waals surface area (Å²) in [6.45, 7) is 6.48. The predicted octanol–water partition coefficient (Wildman–Crippen LogP) is 2.32. The van der Waals surface area contributed by atoms with E-state index in [0.29, 0.717) is 23.7 Å². The average Bonchev–Trinajstić information content (AvgIpc) is 2.37. The number of hydrogen-bond donors (Lipinski definition) is 1. The van der Waals surface area contributed by atoms with Gasteiger partial charge >= 0.3 is 0 Å². The number of nitrogen functional groups attached to an aromatic ring is 1. The number of fused-ring (bicyclic) bond motifs is 1. The molecule has 110 valence electrons. The fraction of sp³-hybridized carbons (Fsp3) is 0.533. The van der Waals surface area contributed by atoms with Gasteiger partial charge in [-0.05, 0) is 11.8 Å². The summed E-state index contributed by atoms with van der Waals surface area (Å²) in [4.78, 5) is 13.7. The molecule has 0 saturated heterocycles. The van der Waals surface area contributed by atoms with Gasteiger partial charge in [0.05, 0.1) is 25.6 Å². The van der Waals surface area contributed by atoms with Crippen LogP contribution < -0.4 is 20.1 Å². The molecule has 0 bridgehead atoms. The number of nitrogens with two attached hydrogens (primary N) is 1. The number of ether oxygens (including phenoxy) is 2. The van der Waals surface area contributed by atoms with Crippen molar-refractivity contribution in [1.29, 1.82) is 0 Å². The third-order valence-corrected chi connectivity index (χ3v) is 3.96. The molecule has 0 aromatic heterocycles. The maximum absolute atomic E-state index is 11.9. The molecule has 20 heavy (non-hydrogen) atoms. The van der Waals surface area contributed by atoms with E-state index in [0.717, 1.165) is 17.7 Å². The van der Waals surface area contributed by atoms with E-state index in [1.807, 2.05) is 0 Å². The molecule has 0 spiro atoms. The maximum atomic E-state index is 11.9. The Balaban J connectivity index is 2.83. The number of nitrogens with zero attached hydrogens (tertiary/aromatic N) is 1. The zero-order valence-corrected chi connectivity index (χ0v) is 12.7. The van der Waals surface area contributed by atoms with Crippen molar-refractivity contribution in [3.05, 3.63) is 11.6 Å². The third-order valence-electron chi connectivity index (χ3n) is 3.96. The lowest BCUT2D eigenvalue weighted by molar-refractivity contribution is -0.116. The smallest absolute Gasteiger partial charge is 0.223 e. The van der Waals surface area contributed by atoms with E-state index < -0.39 is 0 Å². The molecule has 2 N–H and O–H groups in total. The second kappa shape index (κ2) is 4.89. The molecule has 1 aliphatic rings. The zero-order valence-electron chi connectivity index (χ0n) is 12.7. The first kappa shape index (κ1) is 14.5. The summed E-state index contributed by atoms with van der Waals surface area (Å²) in [5.74, 6) is 1.24. The van der Waals surface area contributed by atoms with Crippen LogP contribution in [0.15, 0.2) is 6.07 Å². The summed E-state index contributed by atoms with van der Waals surface area (Å²) in [6, 6.07) is 1.72. The highest BCUT2D eigenvalue weighted by Crippen LogP contribution is 2.51. The highest BCUT2D eigenvalue weighted by atomic mass is 16.5. The minimum atomic E-state index is -0.130. The number of hydrogen-bond acceptors (Lipinski definition) is 4.